The van der Waals surface area contributed by atoms with Crippen LogP contribution in [-0.2, 0) is 0 Å². The van der Waals surface area contributed by atoms with Gasteiger partial charge in [0.1, 0.15) is 5.75 Å². The molecule has 0 unspecified atom stereocenters. The number of fused-ring (bicyclic) bond motifs is 1. The smallest absolute Gasteiger partial charge is 0.164 e. The molecule has 112 valence electrons. The Labute approximate surface area is 132 Å². The molecule has 0 spiro atoms. The van der Waals surface area contributed by atoms with Crippen molar-refractivity contribution in [2.45, 2.75) is 17.7 Å². The summed E-state index contributed by atoms with van der Waals surface area (Å²) in [4.78, 5) is 25.2. The van der Waals surface area contributed by atoms with E-state index in [9.17, 15) is 9.59 Å². The highest BCUT2D eigenvalue weighted by Crippen LogP contribution is 2.34. The van der Waals surface area contributed by atoms with E-state index >= 15 is 0 Å². The molecule has 2 heterocycles. The number of carbonyl (C=O) groups is 2. The maximum Gasteiger partial charge on any atom is 0.164 e. The van der Waals surface area contributed by atoms with Crippen LogP contribution in [0.1, 0.15) is 33.6 Å². The van der Waals surface area contributed by atoms with Gasteiger partial charge in [0.05, 0.1) is 23.9 Å². The highest BCUT2D eigenvalue weighted by Gasteiger charge is 2.15. The minimum Gasteiger partial charge on any atom is -0.492 e. The maximum absolute atomic E-state index is 12.2. The average molecular weight is 314 g/mol. The molecule has 22 heavy (non-hydrogen) atoms. The maximum atomic E-state index is 12.2. The third-order valence-corrected chi connectivity index (χ3v) is 4.35. The molecule has 1 aliphatic heterocycles. The summed E-state index contributed by atoms with van der Waals surface area (Å²) in [5.41, 5.74) is 1.11. The number of carbonyl (C=O) groups excluding carboxylic acids is 2. The van der Waals surface area contributed by atoms with Gasteiger partial charge in [-0.2, -0.15) is 10.2 Å². The van der Waals surface area contributed by atoms with Gasteiger partial charge in [0.2, 0.25) is 0 Å². The van der Waals surface area contributed by atoms with Crippen LogP contribution >= 0.6 is 11.8 Å². The van der Waals surface area contributed by atoms with Gasteiger partial charge in [-0.05, 0) is 24.3 Å². The van der Waals surface area contributed by atoms with Crippen molar-refractivity contribution >= 4 is 23.3 Å². The Hall–Kier alpha value is -2.21. The molecule has 5 nitrogen and oxygen atoms in total. The largest absolute Gasteiger partial charge is 0.492 e. The van der Waals surface area contributed by atoms with Gasteiger partial charge in [0.25, 0.3) is 0 Å². The number of aromatic nitrogens is 2. The molecule has 6 heteroatoms. The number of rotatable bonds is 5. The van der Waals surface area contributed by atoms with E-state index < -0.39 is 0 Å². The molecule has 1 aromatic carbocycles. The Morgan fingerprint density at radius 3 is 2.68 bits per heavy atom. The monoisotopic (exact) mass is 314 g/mol. The van der Waals surface area contributed by atoms with Crippen LogP contribution in [-0.4, -0.2) is 34.1 Å². The summed E-state index contributed by atoms with van der Waals surface area (Å²) >= 11 is 1.68. The molecule has 0 amide bonds. The fraction of sp³-hybridized carbons (Fsp3) is 0.250. The Morgan fingerprint density at radius 2 is 1.91 bits per heavy atom. The number of benzene rings is 1. The number of Topliss-reactive ketones (excluding diaryl/α,β-unsaturated/α-hetero) is 2. The average Bonchev–Trinajstić information content (AvgIpc) is 2.59. The lowest BCUT2D eigenvalue weighted by atomic mass is 10.0. The normalized spacial score (nSPS) is 13.1. The molecule has 1 aromatic heterocycles. The zero-order chi connectivity index (χ0) is 15.4. The van der Waals surface area contributed by atoms with Crippen molar-refractivity contribution in [1.82, 2.24) is 10.2 Å². The van der Waals surface area contributed by atoms with E-state index in [0.717, 1.165) is 16.4 Å². The van der Waals surface area contributed by atoms with E-state index in [-0.39, 0.29) is 24.4 Å². The summed E-state index contributed by atoms with van der Waals surface area (Å²) in [6.07, 6.45) is 3.24. The number of nitrogens with zero attached hydrogens (tertiary/aromatic N) is 2. The summed E-state index contributed by atoms with van der Waals surface area (Å²) in [5, 5.41) is 7.29. The quantitative estimate of drug-likeness (QED) is 0.790. The van der Waals surface area contributed by atoms with Gasteiger partial charge in [-0.3, -0.25) is 9.59 Å². The SMILES string of the molecule is O=C(CCC(=O)c1ccc2c(c1)SCCO2)c1ccnnc1. The minimum atomic E-state index is -0.0982. The molecule has 0 atom stereocenters. The highest BCUT2D eigenvalue weighted by molar-refractivity contribution is 7.99. The number of thioether (sulfide) groups is 1. The third kappa shape index (κ3) is 3.33. The summed E-state index contributed by atoms with van der Waals surface area (Å²) < 4.78 is 5.52. The van der Waals surface area contributed by atoms with E-state index in [1.165, 1.54) is 12.4 Å². The van der Waals surface area contributed by atoms with Crippen molar-refractivity contribution in [3.63, 3.8) is 0 Å². The first-order valence-electron chi connectivity index (χ1n) is 6.97. The Balaban J connectivity index is 1.64. The van der Waals surface area contributed by atoms with Gasteiger partial charge in [-0.25, -0.2) is 0 Å². The van der Waals surface area contributed by atoms with Crippen LogP contribution in [0.3, 0.4) is 0 Å². The predicted octanol–water partition coefficient (Wildman–Crippen LogP) is 2.81. The second kappa shape index (κ2) is 6.70. The van der Waals surface area contributed by atoms with E-state index in [1.54, 1.807) is 23.9 Å². The van der Waals surface area contributed by atoms with Gasteiger partial charge in [-0.1, -0.05) is 0 Å². The van der Waals surface area contributed by atoms with Gasteiger partial charge < -0.3 is 4.74 Å². The third-order valence-electron chi connectivity index (χ3n) is 3.35. The van der Waals surface area contributed by atoms with Crippen molar-refractivity contribution < 1.29 is 14.3 Å². The van der Waals surface area contributed by atoms with Crippen molar-refractivity contribution in [2.75, 3.05) is 12.4 Å². The molecule has 0 saturated carbocycles. The molecule has 0 bridgehead atoms. The van der Waals surface area contributed by atoms with Crippen molar-refractivity contribution in [3.05, 3.63) is 47.8 Å². The second-order valence-electron chi connectivity index (χ2n) is 4.84. The minimum absolute atomic E-state index is 0.0376. The lowest BCUT2D eigenvalue weighted by Gasteiger charge is -2.17. The molecule has 1 aliphatic rings. The number of hydrogen-bond acceptors (Lipinski definition) is 6. The van der Waals surface area contributed by atoms with E-state index in [2.05, 4.69) is 10.2 Å². The van der Waals surface area contributed by atoms with Crippen molar-refractivity contribution in [1.29, 1.82) is 0 Å². The molecule has 0 N–H and O–H groups in total. The fourth-order valence-electron chi connectivity index (χ4n) is 2.19. The van der Waals surface area contributed by atoms with Crippen molar-refractivity contribution in [3.8, 4) is 5.75 Å². The second-order valence-corrected chi connectivity index (χ2v) is 5.97. The van der Waals surface area contributed by atoms with E-state index in [4.69, 9.17) is 4.74 Å². The highest BCUT2D eigenvalue weighted by atomic mass is 32.2. The van der Waals surface area contributed by atoms with Crippen LogP contribution in [0.5, 0.6) is 5.75 Å². The molecule has 3 rings (SSSR count). The lowest BCUT2D eigenvalue weighted by molar-refractivity contribution is 0.0917. The fourth-order valence-corrected chi connectivity index (χ4v) is 3.05. The zero-order valence-electron chi connectivity index (χ0n) is 11.8. The number of hydrogen-bond donors (Lipinski definition) is 0. The first-order chi connectivity index (χ1) is 10.7. The van der Waals surface area contributed by atoms with Gasteiger partial charge in [0.15, 0.2) is 11.6 Å². The van der Waals surface area contributed by atoms with E-state index in [0.29, 0.717) is 17.7 Å². The predicted molar refractivity (Wildman–Crippen MR) is 82.6 cm³/mol. The molecule has 2 aromatic rings. The molecule has 0 radical (unpaired) electrons. The summed E-state index contributed by atoms with van der Waals surface area (Å²) in [6.45, 7) is 0.694. The first kappa shape index (κ1) is 14.7. The molecular weight excluding hydrogens is 300 g/mol. The molecule has 0 fully saturated rings. The van der Waals surface area contributed by atoms with Gasteiger partial charge in [-0.15, -0.1) is 11.8 Å². The van der Waals surface area contributed by atoms with Crippen LogP contribution < -0.4 is 4.74 Å². The topological polar surface area (TPSA) is 69.2 Å². The Morgan fingerprint density at radius 1 is 1.09 bits per heavy atom. The van der Waals surface area contributed by atoms with Crippen LogP contribution in [0.15, 0.2) is 41.6 Å². The Bertz CT molecular complexity index is 704. The number of ether oxygens (including phenoxy) is 1. The van der Waals surface area contributed by atoms with Gasteiger partial charge in [0, 0.05) is 29.7 Å². The van der Waals surface area contributed by atoms with Crippen LogP contribution in [0.25, 0.3) is 0 Å². The van der Waals surface area contributed by atoms with Crippen LogP contribution in [0.4, 0.5) is 0 Å². The Kier molecular flexibility index (Phi) is 4.48. The van der Waals surface area contributed by atoms with Crippen LogP contribution in [0, 0.1) is 0 Å². The summed E-state index contributed by atoms with van der Waals surface area (Å²) in [7, 11) is 0. The summed E-state index contributed by atoms with van der Waals surface area (Å²) in [5.74, 6) is 1.58. The summed E-state index contributed by atoms with van der Waals surface area (Å²) in [6, 6.07) is 7.03. The standard InChI is InChI=1S/C16H14N2O3S/c19-13(2-3-14(20)12-5-6-17-18-10-12)11-1-4-15-16(9-11)22-8-7-21-15/h1,4-6,9-10H,2-3,7-8H2. The molecule has 0 saturated heterocycles. The van der Waals surface area contributed by atoms with Crippen molar-refractivity contribution in [2.24, 2.45) is 0 Å². The van der Waals surface area contributed by atoms with Gasteiger partial charge >= 0.3 is 0 Å². The van der Waals surface area contributed by atoms with E-state index in [1.807, 2.05) is 12.1 Å². The van der Waals surface area contributed by atoms with Crippen LogP contribution in [0.2, 0.25) is 0 Å². The zero-order valence-corrected chi connectivity index (χ0v) is 12.6. The number of ketones is 2. The first-order valence-corrected chi connectivity index (χ1v) is 7.95. The lowest BCUT2D eigenvalue weighted by Crippen LogP contribution is -2.09. The molecular formula is C16H14N2O3S. The molecule has 0 aliphatic carbocycles.